The van der Waals surface area contributed by atoms with Crippen molar-refractivity contribution >= 4 is 31.0 Å². The highest BCUT2D eigenvalue weighted by Gasteiger charge is 2.38. The molecule has 3 heterocycles. The third kappa shape index (κ3) is 6.71. The van der Waals surface area contributed by atoms with Crippen molar-refractivity contribution in [2.45, 2.75) is 91.1 Å². The molecular weight excluding hydrogens is 526 g/mol. The van der Waals surface area contributed by atoms with Gasteiger partial charge in [-0.05, 0) is 55.8 Å². The van der Waals surface area contributed by atoms with Crippen molar-refractivity contribution < 1.29 is 9.16 Å². The van der Waals surface area contributed by atoms with Gasteiger partial charge >= 0.3 is 0 Å². The van der Waals surface area contributed by atoms with Crippen molar-refractivity contribution in [3.05, 3.63) is 41.1 Å². The highest BCUT2D eigenvalue weighted by atomic mass is 35.5. The fourth-order valence-electron chi connectivity index (χ4n) is 5.07. The van der Waals surface area contributed by atoms with E-state index in [0.717, 1.165) is 34.9 Å². The minimum Gasteiger partial charge on any atom is -0.414 e. The van der Waals surface area contributed by atoms with Gasteiger partial charge in [-0.25, -0.2) is 9.97 Å². The van der Waals surface area contributed by atoms with Gasteiger partial charge in [0.2, 0.25) is 0 Å². The van der Waals surface area contributed by atoms with Gasteiger partial charge in [-0.3, -0.25) is 4.98 Å². The van der Waals surface area contributed by atoms with E-state index in [4.69, 9.17) is 30.7 Å². The van der Waals surface area contributed by atoms with Crippen molar-refractivity contribution in [3.8, 4) is 17.3 Å². The van der Waals surface area contributed by atoms with Gasteiger partial charge in [0.15, 0.2) is 8.32 Å². The zero-order valence-electron chi connectivity index (χ0n) is 24.4. The third-order valence-electron chi connectivity index (χ3n) is 8.48. The Kier molecular flexibility index (Phi) is 9.17. The zero-order valence-corrected chi connectivity index (χ0v) is 26.2. The number of halogens is 1. The quantitative estimate of drug-likeness (QED) is 0.244. The van der Waals surface area contributed by atoms with Gasteiger partial charge in [-0.2, -0.15) is 5.26 Å². The Labute approximate surface area is 239 Å². The summed E-state index contributed by atoms with van der Waals surface area (Å²) in [4.78, 5) is 14.2. The number of ether oxygens (including phenoxy) is 1. The maximum atomic E-state index is 9.80. The molecule has 0 radical (unpaired) electrons. The number of imidazole rings is 1. The van der Waals surface area contributed by atoms with Crippen LogP contribution < -0.4 is 0 Å². The summed E-state index contributed by atoms with van der Waals surface area (Å²) in [5, 5.41) is 10.4. The molecule has 1 fully saturated rings. The summed E-state index contributed by atoms with van der Waals surface area (Å²) in [5.41, 5.74) is 3.37. The maximum absolute atomic E-state index is 9.80. The van der Waals surface area contributed by atoms with E-state index in [1.54, 1.807) is 18.5 Å². The molecule has 1 aliphatic carbocycles. The molecule has 0 amide bonds. The molecule has 0 bridgehead atoms. The lowest BCUT2D eigenvalue weighted by Crippen LogP contribution is -2.42. The van der Waals surface area contributed by atoms with Crippen LogP contribution >= 0.6 is 11.6 Å². The SMILES string of the molecule is CCOC(CO[Si](C)(C)C(C)(C)C)c1nc2cc(C#N)nc(-c3cncc(Cl)c3)c2n1CC1CCC(C)CC1. The second kappa shape index (κ2) is 12.1. The number of nitrogens with zero attached hydrogens (tertiary/aromatic N) is 5. The van der Waals surface area contributed by atoms with Crippen molar-refractivity contribution in [2.75, 3.05) is 13.2 Å². The second-order valence-electron chi connectivity index (χ2n) is 12.4. The number of hydrogen-bond donors (Lipinski definition) is 0. The van der Waals surface area contributed by atoms with E-state index in [1.807, 2.05) is 13.0 Å². The molecule has 9 heteroatoms. The highest BCUT2D eigenvalue weighted by Crippen LogP contribution is 2.39. The maximum Gasteiger partial charge on any atom is 0.192 e. The van der Waals surface area contributed by atoms with Crippen LogP contribution in [0.2, 0.25) is 23.2 Å². The van der Waals surface area contributed by atoms with E-state index in [9.17, 15) is 5.26 Å². The van der Waals surface area contributed by atoms with Gasteiger partial charge in [0, 0.05) is 37.2 Å². The van der Waals surface area contributed by atoms with E-state index >= 15 is 0 Å². The molecule has 0 saturated heterocycles. The van der Waals surface area contributed by atoms with Crippen LogP contribution in [0.4, 0.5) is 0 Å². The van der Waals surface area contributed by atoms with Crippen LogP contribution in [0.3, 0.4) is 0 Å². The smallest absolute Gasteiger partial charge is 0.192 e. The topological polar surface area (TPSA) is 85.8 Å². The van der Waals surface area contributed by atoms with Crippen molar-refractivity contribution in [1.82, 2.24) is 19.5 Å². The van der Waals surface area contributed by atoms with Crippen molar-refractivity contribution in [2.24, 2.45) is 11.8 Å². The average molecular weight is 568 g/mol. The molecule has 0 N–H and O–H groups in total. The molecular formula is C30H42ClN5O2Si. The summed E-state index contributed by atoms with van der Waals surface area (Å²) in [6, 6.07) is 5.83. The number of pyridine rings is 2. The number of nitriles is 1. The van der Waals surface area contributed by atoms with E-state index in [1.165, 1.54) is 25.7 Å². The molecule has 0 aliphatic heterocycles. The molecule has 39 heavy (non-hydrogen) atoms. The van der Waals surface area contributed by atoms with E-state index in [0.29, 0.717) is 35.5 Å². The molecule has 3 aromatic heterocycles. The van der Waals surface area contributed by atoms with Crippen molar-refractivity contribution in [3.63, 3.8) is 0 Å². The summed E-state index contributed by atoms with van der Waals surface area (Å²) in [7, 11) is -2.02. The lowest BCUT2D eigenvalue weighted by atomic mass is 9.83. The van der Waals surface area contributed by atoms with E-state index in [-0.39, 0.29) is 11.1 Å². The second-order valence-corrected chi connectivity index (χ2v) is 17.7. The van der Waals surface area contributed by atoms with E-state index in [2.05, 4.69) is 56.4 Å². The van der Waals surface area contributed by atoms with Crippen LogP contribution in [-0.2, 0) is 15.7 Å². The molecule has 1 aliphatic rings. The minimum absolute atomic E-state index is 0.0844. The fourth-order valence-corrected chi connectivity index (χ4v) is 6.25. The van der Waals surface area contributed by atoms with Gasteiger partial charge < -0.3 is 13.7 Å². The van der Waals surface area contributed by atoms with Crippen molar-refractivity contribution in [1.29, 1.82) is 5.26 Å². The molecule has 7 nitrogen and oxygen atoms in total. The van der Waals surface area contributed by atoms with Gasteiger partial charge in [-0.15, -0.1) is 0 Å². The molecule has 1 atom stereocenters. The van der Waals surface area contributed by atoms with Gasteiger partial charge in [0.05, 0.1) is 28.4 Å². The lowest BCUT2D eigenvalue weighted by Gasteiger charge is -2.37. The lowest BCUT2D eigenvalue weighted by molar-refractivity contribution is 0.0146. The van der Waals surface area contributed by atoms with Gasteiger partial charge in [-0.1, -0.05) is 52.1 Å². The Morgan fingerprint density at radius 1 is 1.15 bits per heavy atom. The van der Waals surface area contributed by atoms with Crippen LogP contribution in [0.25, 0.3) is 22.3 Å². The minimum atomic E-state index is -2.02. The number of hydrogen-bond acceptors (Lipinski definition) is 6. The molecule has 1 unspecified atom stereocenters. The first-order valence-electron chi connectivity index (χ1n) is 14.1. The number of aromatic nitrogens is 4. The normalized spacial score (nSPS) is 19.3. The summed E-state index contributed by atoms with van der Waals surface area (Å²) in [6.07, 6.45) is 7.83. The molecule has 210 valence electrons. The number of rotatable bonds is 9. The van der Waals surface area contributed by atoms with Crippen LogP contribution in [0.5, 0.6) is 0 Å². The Morgan fingerprint density at radius 2 is 1.87 bits per heavy atom. The summed E-state index contributed by atoms with van der Waals surface area (Å²) >= 11 is 6.34. The summed E-state index contributed by atoms with van der Waals surface area (Å²) in [6.45, 7) is 17.4. The fraction of sp³-hybridized carbons (Fsp3) is 0.600. The zero-order chi connectivity index (χ0) is 28.4. The summed E-state index contributed by atoms with van der Waals surface area (Å²) in [5.74, 6) is 2.13. The number of fused-ring (bicyclic) bond motifs is 1. The Morgan fingerprint density at radius 3 is 2.49 bits per heavy atom. The molecule has 4 rings (SSSR count). The molecule has 3 aromatic rings. The Hall–Kier alpha value is -2.31. The monoisotopic (exact) mass is 567 g/mol. The van der Waals surface area contributed by atoms with Gasteiger partial charge in [0.1, 0.15) is 23.7 Å². The Balaban J connectivity index is 1.87. The third-order valence-corrected chi connectivity index (χ3v) is 13.2. The van der Waals surface area contributed by atoms with E-state index < -0.39 is 8.32 Å². The van der Waals surface area contributed by atoms with Crippen LogP contribution in [-0.4, -0.2) is 41.1 Å². The summed E-state index contributed by atoms with van der Waals surface area (Å²) < 4.78 is 15.3. The first-order chi connectivity index (χ1) is 18.4. The van der Waals surface area contributed by atoms with Crippen LogP contribution in [0.15, 0.2) is 24.5 Å². The van der Waals surface area contributed by atoms with Crippen LogP contribution in [0, 0.1) is 23.2 Å². The molecule has 0 spiro atoms. The first-order valence-corrected chi connectivity index (χ1v) is 17.4. The molecule has 1 saturated carbocycles. The largest absolute Gasteiger partial charge is 0.414 e. The standard InChI is InChI=1S/C30H42ClN5O2Si/c1-8-37-26(19-38-39(6,7)30(3,4)5)29-35-25-14-24(15-32)34-27(22-13-23(31)17-33-16-22)28(25)36(29)18-21-11-9-20(2)10-12-21/h13-14,16-17,20-21,26H,8-12,18-19H2,1-7H3. The predicted molar refractivity (Wildman–Crippen MR) is 159 cm³/mol. The highest BCUT2D eigenvalue weighted by molar-refractivity contribution is 6.74. The van der Waals surface area contributed by atoms with Gasteiger partial charge in [0.25, 0.3) is 0 Å². The predicted octanol–water partition coefficient (Wildman–Crippen LogP) is 7.94. The van der Waals surface area contributed by atoms with Crippen LogP contribution in [0.1, 0.15) is 77.9 Å². The Bertz CT molecular complexity index is 1340. The first kappa shape index (κ1) is 29.7. The average Bonchev–Trinajstić information content (AvgIpc) is 3.24. The molecule has 0 aromatic carbocycles.